The van der Waals surface area contributed by atoms with Gasteiger partial charge in [0.15, 0.2) is 0 Å². The zero-order chi connectivity index (χ0) is 24.8. The largest absolute Gasteiger partial charge is 0.381 e. The Hall–Kier alpha value is -1.30. The molecule has 6 heteroatoms. The SMILES string of the molecule is CCC.CCCC.C[B]CCNc1c(N(C)CCN(C)CCCCCCCC)c(=O)c1=O. The van der Waals surface area contributed by atoms with E-state index in [1.165, 1.54) is 57.8 Å². The highest BCUT2D eigenvalue weighted by molar-refractivity contribution is 6.33. The van der Waals surface area contributed by atoms with Gasteiger partial charge in [-0.25, -0.2) is 0 Å². The first kappa shape index (κ1) is 32.9. The smallest absolute Gasteiger partial charge is 0.253 e. The van der Waals surface area contributed by atoms with Crippen molar-refractivity contribution in [3.05, 3.63) is 20.4 Å². The molecule has 1 aromatic rings. The standard InChI is InChI=1S/C19H35BN3O2.C4H10.C3H8/c1-5-6-7-8-9-10-13-22(3)14-15-23(4)17-16(18(24)19(17)25)21-12-11-20-2;1-3-4-2;1-3-2/h21H,5-15H2,1-4H3;3-4H2,1-2H3;3H2,1-2H3. The van der Waals surface area contributed by atoms with E-state index in [4.69, 9.17) is 0 Å². The second-order valence-corrected chi connectivity index (χ2v) is 8.71. The Kier molecular flexibility index (Phi) is 23.5. The molecular formula is C26H53BN3O2. The predicted octanol–water partition coefficient (Wildman–Crippen LogP) is 5.82. The van der Waals surface area contributed by atoms with E-state index in [-0.39, 0.29) is 10.9 Å². The van der Waals surface area contributed by atoms with Gasteiger partial charge in [0.2, 0.25) is 0 Å². The highest BCUT2D eigenvalue weighted by Crippen LogP contribution is 2.18. The summed E-state index contributed by atoms with van der Waals surface area (Å²) in [5.41, 5.74) is 0.310. The molecule has 1 aromatic carbocycles. The summed E-state index contributed by atoms with van der Waals surface area (Å²) in [5.74, 6) is 0. The van der Waals surface area contributed by atoms with Crippen LogP contribution in [0, 0.1) is 0 Å². The van der Waals surface area contributed by atoms with Crippen molar-refractivity contribution >= 4 is 18.7 Å². The van der Waals surface area contributed by atoms with Gasteiger partial charge in [-0.1, -0.05) is 99.1 Å². The van der Waals surface area contributed by atoms with Crippen LogP contribution < -0.4 is 21.1 Å². The van der Waals surface area contributed by atoms with Gasteiger partial charge in [-0.3, -0.25) is 9.59 Å². The minimum atomic E-state index is -0.376. The highest BCUT2D eigenvalue weighted by atomic mass is 16.2. The van der Waals surface area contributed by atoms with Crippen LogP contribution in [0.15, 0.2) is 9.59 Å². The molecule has 0 aliphatic rings. The van der Waals surface area contributed by atoms with E-state index in [1.54, 1.807) is 0 Å². The quantitative estimate of drug-likeness (QED) is 0.195. The molecule has 1 rings (SSSR count). The van der Waals surface area contributed by atoms with Gasteiger partial charge in [-0.15, -0.1) is 0 Å². The molecule has 5 nitrogen and oxygen atoms in total. The van der Waals surface area contributed by atoms with Crippen molar-refractivity contribution in [2.45, 2.75) is 106 Å². The second-order valence-electron chi connectivity index (χ2n) is 8.71. The van der Waals surface area contributed by atoms with Crippen molar-refractivity contribution in [3.63, 3.8) is 0 Å². The van der Waals surface area contributed by atoms with E-state index >= 15 is 0 Å². The van der Waals surface area contributed by atoms with Crippen LogP contribution in [0.2, 0.25) is 13.1 Å². The minimum Gasteiger partial charge on any atom is -0.381 e. The fourth-order valence-corrected chi connectivity index (χ4v) is 2.96. The first-order valence-electron chi connectivity index (χ1n) is 13.1. The molecule has 0 bridgehead atoms. The molecule has 0 aliphatic heterocycles. The molecule has 0 heterocycles. The number of hydrogen-bond donors (Lipinski definition) is 1. The van der Waals surface area contributed by atoms with E-state index in [0.717, 1.165) is 26.0 Å². The van der Waals surface area contributed by atoms with Crippen molar-refractivity contribution < 1.29 is 0 Å². The Bertz CT molecular complexity index is 598. The van der Waals surface area contributed by atoms with Crippen LogP contribution in [0.1, 0.15) is 92.4 Å². The molecule has 0 aliphatic carbocycles. The summed E-state index contributed by atoms with van der Waals surface area (Å²) >= 11 is 0. The number of hydrogen-bond acceptors (Lipinski definition) is 5. The van der Waals surface area contributed by atoms with E-state index in [9.17, 15) is 9.59 Å². The summed E-state index contributed by atoms with van der Waals surface area (Å²) in [5, 5.41) is 3.10. The number of unbranched alkanes of at least 4 members (excludes halogenated alkanes) is 6. The normalized spacial score (nSPS) is 10.3. The van der Waals surface area contributed by atoms with Crippen LogP contribution in [0.3, 0.4) is 0 Å². The summed E-state index contributed by atoms with van der Waals surface area (Å²) in [6.45, 7) is 16.3. The fourth-order valence-electron chi connectivity index (χ4n) is 2.96. The van der Waals surface area contributed by atoms with Gasteiger partial charge in [0.1, 0.15) is 18.7 Å². The third kappa shape index (κ3) is 15.5. The first-order valence-corrected chi connectivity index (χ1v) is 13.1. The third-order valence-electron chi connectivity index (χ3n) is 5.21. The average molecular weight is 451 g/mol. The van der Waals surface area contributed by atoms with Gasteiger partial charge >= 0.3 is 0 Å². The Balaban J connectivity index is 0. The molecule has 0 unspecified atom stereocenters. The Morgan fingerprint density at radius 1 is 0.750 bits per heavy atom. The van der Waals surface area contributed by atoms with Crippen LogP contribution in [-0.4, -0.2) is 52.5 Å². The Morgan fingerprint density at radius 3 is 1.84 bits per heavy atom. The van der Waals surface area contributed by atoms with Crippen molar-refractivity contribution in [1.82, 2.24) is 4.90 Å². The van der Waals surface area contributed by atoms with Gasteiger partial charge in [-0.2, -0.15) is 0 Å². The van der Waals surface area contributed by atoms with Crippen LogP contribution >= 0.6 is 0 Å². The molecule has 0 aromatic heterocycles. The number of nitrogens with one attached hydrogen (secondary N) is 1. The molecule has 0 amide bonds. The number of nitrogens with zero attached hydrogens (tertiary/aromatic N) is 2. The maximum atomic E-state index is 11.9. The zero-order valence-electron chi connectivity index (χ0n) is 22.7. The van der Waals surface area contributed by atoms with Gasteiger partial charge in [-0.05, 0) is 20.0 Å². The van der Waals surface area contributed by atoms with E-state index in [1.807, 2.05) is 26.1 Å². The van der Waals surface area contributed by atoms with Crippen LogP contribution in [0.5, 0.6) is 0 Å². The first-order chi connectivity index (χ1) is 15.4. The zero-order valence-corrected chi connectivity index (χ0v) is 22.7. The molecule has 0 fully saturated rings. The van der Waals surface area contributed by atoms with Gasteiger partial charge < -0.3 is 15.1 Å². The molecule has 0 saturated carbocycles. The molecule has 0 atom stereocenters. The van der Waals surface area contributed by atoms with E-state index in [0.29, 0.717) is 17.9 Å². The molecule has 0 saturated heterocycles. The molecular weight excluding hydrogens is 397 g/mol. The lowest BCUT2D eigenvalue weighted by Gasteiger charge is -2.26. The number of likely N-dealkylation sites (N-methyl/N-ethyl adjacent to an activating group) is 2. The summed E-state index contributed by atoms with van der Waals surface area (Å²) in [6.07, 6.45) is 12.6. The van der Waals surface area contributed by atoms with Crippen molar-refractivity contribution in [3.8, 4) is 0 Å². The fraction of sp³-hybridized carbons (Fsp3) is 0.846. The average Bonchev–Trinajstić information content (AvgIpc) is 2.79. The second kappa shape index (κ2) is 22.9. The maximum Gasteiger partial charge on any atom is 0.253 e. The summed E-state index contributed by atoms with van der Waals surface area (Å²) in [6, 6.07) is 0. The maximum absolute atomic E-state index is 11.9. The predicted molar refractivity (Wildman–Crippen MR) is 147 cm³/mol. The Labute approximate surface area is 200 Å². The van der Waals surface area contributed by atoms with Gasteiger partial charge in [0.05, 0.1) is 0 Å². The molecule has 1 N–H and O–H groups in total. The van der Waals surface area contributed by atoms with Gasteiger partial charge in [0.25, 0.3) is 10.9 Å². The highest BCUT2D eigenvalue weighted by Gasteiger charge is 2.23. The Morgan fingerprint density at radius 2 is 1.31 bits per heavy atom. The van der Waals surface area contributed by atoms with Crippen LogP contribution in [-0.2, 0) is 0 Å². The lowest BCUT2D eigenvalue weighted by Crippen LogP contribution is -2.43. The van der Waals surface area contributed by atoms with Crippen LogP contribution in [0.4, 0.5) is 11.4 Å². The topological polar surface area (TPSA) is 52.6 Å². The summed E-state index contributed by atoms with van der Waals surface area (Å²) in [7, 11) is 6.06. The minimum absolute atomic E-state index is 0.357. The molecule has 0 spiro atoms. The lowest BCUT2D eigenvalue weighted by molar-refractivity contribution is 0.330. The number of anilines is 2. The van der Waals surface area contributed by atoms with Crippen molar-refractivity contribution in [2.75, 3.05) is 50.5 Å². The molecule has 1 radical (unpaired) electrons. The van der Waals surface area contributed by atoms with E-state index in [2.05, 4.69) is 51.9 Å². The van der Waals surface area contributed by atoms with Crippen LogP contribution in [0.25, 0.3) is 0 Å². The third-order valence-corrected chi connectivity index (χ3v) is 5.21. The van der Waals surface area contributed by atoms with Crippen molar-refractivity contribution in [2.24, 2.45) is 0 Å². The van der Waals surface area contributed by atoms with E-state index < -0.39 is 0 Å². The number of rotatable bonds is 16. The van der Waals surface area contributed by atoms with Gasteiger partial charge in [0, 0.05) is 26.7 Å². The summed E-state index contributed by atoms with van der Waals surface area (Å²) in [4.78, 5) is 27.8. The molecule has 187 valence electrons. The molecule has 32 heavy (non-hydrogen) atoms. The lowest BCUT2D eigenvalue weighted by atomic mass is 9.78. The summed E-state index contributed by atoms with van der Waals surface area (Å²) < 4.78 is 0. The van der Waals surface area contributed by atoms with Crippen molar-refractivity contribution in [1.29, 1.82) is 0 Å². The monoisotopic (exact) mass is 450 g/mol.